The average molecular weight is 1720 g/mol. The minimum absolute atomic E-state index is 0.00368. The lowest BCUT2D eigenvalue weighted by Crippen LogP contribution is -2.60. The molecule has 1 aromatic heterocycles. The van der Waals surface area contributed by atoms with Crippen LogP contribution in [0.2, 0.25) is 0 Å². The SMILES string of the molecule is C[C@H](N)C(=O)N[C@H]1CSCCC(=O)N2CN3CN(C2)C(=O)CCSC[C@H](NC(=O)[C@@H]2CCCN2C(=O)[C@H](CCCCN)NC1=O)C(=O)N[C@@H](CC(=O)O)C(=O)NCC(=O)N[C@@H](Cc1ccc(O)cc1)C(=O)N[C@@H](CO)C(=O)N[C@@H](C)C(=O)N[C@@H](Cc1c[nH]c2ccccc12)C(=O)N1CCC[C@H]1C(=O)N[C@H](C(=O)N[C@@H](C)C(N)=O)CSCCC3=O. The molecule has 5 saturated heterocycles. The van der Waals surface area contributed by atoms with Gasteiger partial charge in [0, 0.05) is 96.8 Å². The van der Waals surface area contributed by atoms with Gasteiger partial charge in [0.15, 0.2) is 0 Å². The lowest BCUT2D eigenvalue weighted by atomic mass is 10.0. The Kier molecular flexibility index (Phi) is 35.7. The highest BCUT2D eigenvalue weighted by Crippen LogP contribution is 2.26. The lowest BCUT2D eigenvalue weighted by molar-refractivity contribution is -0.158. The number of unbranched alkanes of at least 4 members (excludes halogenated alkanes) is 1. The first-order valence-corrected chi connectivity index (χ1v) is 42.6. The second kappa shape index (κ2) is 45.4. The van der Waals surface area contributed by atoms with Crippen LogP contribution in [0.5, 0.6) is 5.75 Å². The number of phenolic OH excluding ortho intramolecular Hbond substituents is 1. The molecule has 2 aromatic carbocycles. The molecular weight excluding hydrogens is 1610 g/mol. The zero-order chi connectivity index (χ0) is 86.7. The van der Waals surface area contributed by atoms with Crippen LogP contribution in [0, 0.1) is 0 Å². The predicted molar refractivity (Wildman–Crippen MR) is 433 cm³/mol. The summed E-state index contributed by atoms with van der Waals surface area (Å²) in [7, 11) is 0. The van der Waals surface area contributed by atoms with Gasteiger partial charge in [0.2, 0.25) is 100 Å². The minimum atomic E-state index is -2.02. The molecule has 8 rings (SSSR count). The molecule has 4 bridgehead atoms. The molecule has 21 N–H and O–H groups in total. The number of nitrogens with zero attached hydrogens (tertiary/aromatic N) is 5. The Morgan fingerprint density at radius 2 is 1.15 bits per heavy atom. The topological polar surface area (TPSA) is 610 Å². The molecule has 6 heterocycles. The number of benzene rings is 2. The summed E-state index contributed by atoms with van der Waals surface area (Å²) in [6, 6.07) is -6.99. The van der Waals surface area contributed by atoms with Crippen LogP contribution in [0.1, 0.15) is 103 Å². The maximum absolute atomic E-state index is 15.1. The number of amides is 17. The molecule has 0 unspecified atom stereocenters. The van der Waals surface area contributed by atoms with Crippen molar-refractivity contribution in [2.24, 2.45) is 17.2 Å². The number of phenols is 1. The first-order valence-electron chi connectivity index (χ1n) is 39.1. The number of aromatic amines is 1. The quantitative estimate of drug-likeness (QED) is 0.0594. The smallest absolute Gasteiger partial charge is 0.305 e. The van der Waals surface area contributed by atoms with Crippen molar-refractivity contribution in [2.45, 2.75) is 183 Å². The number of nitrogens with one attached hydrogen (secondary N) is 12. The highest BCUT2D eigenvalue weighted by molar-refractivity contribution is 7.99. The van der Waals surface area contributed by atoms with Crippen molar-refractivity contribution in [3.05, 3.63) is 65.9 Å². The molecule has 650 valence electrons. The van der Waals surface area contributed by atoms with E-state index in [-0.39, 0.29) is 138 Å². The van der Waals surface area contributed by atoms with Gasteiger partial charge in [-0.05, 0) is 102 Å². The van der Waals surface area contributed by atoms with Crippen LogP contribution in [0.25, 0.3) is 10.9 Å². The number of hydrogen-bond acceptors (Lipinski definition) is 25. The van der Waals surface area contributed by atoms with Gasteiger partial charge in [0.05, 0.1) is 45.6 Å². The standard InChI is InChI=1S/C75H106N20O21S3/c1-40(77)64(105)88-54-35-118-26-20-60(100)92-37-91-38-93(39-92)61(101)21-27-119-36-55(90-72(113)56-13-8-23-94(56)74(115)48(84-70(54)111)12-6-7-22-76)71(112)85-50(30-62(102)103)66(107)80-32-58(98)83-49(28-43-15-17-45(97)18-16-43)67(108)87-52(33-96)68(109)82-42(3)65(106)86-51(29-44-31-79-47-11-5-4-10-46(44)47)75(116)95-24-9-14-57(95)73(114)89-53(34-117-25-19-59(91)99)69(110)81-41(2)63(78)104/h4-5,10-11,15-18,31,40-42,48-57,79,96-97H,6-9,12-14,19-30,32-39,76-77H2,1-3H3,(H2,78,104)(H,80,107)(H,81,110)(H,82,109)(H,83,98)(H,84,111)(H,85,112)(H,86,106)(H,87,108)(H,88,105)(H,89,114)(H,90,113)(H,102,103)/t40-,41-,42-,48-,49-,50-,51-,52-,53-,54-,55-,56-,57-/m0/s1. The number of fused-ring (bicyclic) bond motifs is 10. The first kappa shape index (κ1) is 93.7. The van der Waals surface area contributed by atoms with Gasteiger partial charge in [0.1, 0.15) is 78.3 Å². The van der Waals surface area contributed by atoms with Crippen molar-refractivity contribution in [2.75, 3.05) is 87.3 Å². The first-order chi connectivity index (χ1) is 56.7. The molecule has 17 amide bonds. The zero-order valence-electron chi connectivity index (χ0n) is 66.2. The fourth-order valence-electron chi connectivity index (χ4n) is 13.7. The van der Waals surface area contributed by atoms with Crippen LogP contribution in [-0.2, 0) is 99.1 Å². The summed E-state index contributed by atoms with van der Waals surface area (Å²) in [4.78, 5) is 264. The average Bonchev–Trinajstić information content (AvgIpc) is 1.80. The van der Waals surface area contributed by atoms with E-state index in [2.05, 4.69) is 63.5 Å². The van der Waals surface area contributed by atoms with Crippen molar-refractivity contribution in [1.82, 2.24) is 88.0 Å². The number of H-pyrrole nitrogens is 1. The van der Waals surface area contributed by atoms with Gasteiger partial charge >= 0.3 is 5.97 Å². The second-order valence-corrected chi connectivity index (χ2v) is 32.9. The maximum Gasteiger partial charge on any atom is 0.305 e. The molecular formula is C75H106N20O21S3. The number of carboxylic acids is 1. The number of aliphatic hydroxyl groups excluding tert-OH is 1. The minimum Gasteiger partial charge on any atom is -0.508 e. The number of aliphatic carboxylic acids is 1. The maximum atomic E-state index is 15.1. The number of thioether (sulfide) groups is 3. The number of para-hydroxylation sites is 1. The monoisotopic (exact) mass is 1720 g/mol. The van der Waals surface area contributed by atoms with Crippen LogP contribution in [0.4, 0.5) is 0 Å². The largest absolute Gasteiger partial charge is 0.508 e. The highest BCUT2D eigenvalue weighted by Gasteiger charge is 2.44. The molecule has 0 spiro atoms. The number of carbonyl (C=O) groups excluding carboxylic acids is 17. The summed E-state index contributed by atoms with van der Waals surface area (Å²) < 4.78 is 0. The van der Waals surface area contributed by atoms with Gasteiger partial charge in [-0.1, -0.05) is 30.3 Å². The highest BCUT2D eigenvalue weighted by atomic mass is 32.2. The molecule has 119 heavy (non-hydrogen) atoms. The van der Waals surface area contributed by atoms with E-state index < -0.39 is 210 Å². The number of hydrogen-bond donors (Lipinski definition) is 18. The molecule has 0 radical (unpaired) electrons. The zero-order valence-corrected chi connectivity index (χ0v) is 68.6. The number of aromatic nitrogens is 1. The summed E-state index contributed by atoms with van der Waals surface area (Å²) in [5.74, 6) is -18.0. The number of aromatic hydroxyl groups is 1. The Hall–Kier alpha value is -10.8. The second-order valence-electron chi connectivity index (χ2n) is 29.5. The van der Waals surface area contributed by atoms with Gasteiger partial charge in [-0.25, -0.2) is 0 Å². The fourth-order valence-corrected chi connectivity index (χ4v) is 16.6. The van der Waals surface area contributed by atoms with Crippen LogP contribution in [0.15, 0.2) is 54.7 Å². The number of rotatable bonds is 16. The van der Waals surface area contributed by atoms with Crippen molar-refractivity contribution >= 4 is 153 Å². The van der Waals surface area contributed by atoms with E-state index in [0.717, 1.165) is 35.3 Å². The number of carboxylic acid groups (broad SMARTS) is 1. The lowest BCUT2D eigenvalue weighted by Gasteiger charge is -2.42. The van der Waals surface area contributed by atoms with E-state index in [4.69, 9.17) is 17.2 Å². The summed E-state index contributed by atoms with van der Waals surface area (Å²) in [5, 5.41) is 59.1. The van der Waals surface area contributed by atoms with Gasteiger partial charge in [-0.2, -0.15) is 35.3 Å². The van der Waals surface area contributed by atoms with Crippen LogP contribution < -0.4 is 75.7 Å². The van der Waals surface area contributed by atoms with E-state index in [1.807, 2.05) is 0 Å². The van der Waals surface area contributed by atoms with Gasteiger partial charge < -0.3 is 120 Å². The molecule has 41 nitrogen and oxygen atoms in total. The van der Waals surface area contributed by atoms with E-state index in [1.165, 1.54) is 69.5 Å². The summed E-state index contributed by atoms with van der Waals surface area (Å²) in [5.41, 5.74) is 18.8. The summed E-state index contributed by atoms with van der Waals surface area (Å²) in [6.45, 7) is 0.894. The van der Waals surface area contributed by atoms with E-state index in [1.54, 1.807) is 30.5 Å². The van der Waals surface area contributed by atoms with Crippen molar-refractivity contribution in [3.63, 3.8) is 0 Å². The molecule has 44 heteroatoms. The molecule has 5 fully saturated rings. The Morgan fingerprint density at radius 1 is 0.597 bits per heavy atom. The molecule has 5 aliphatic rings. The number of primary amides is 1. The molecule has 5 aliphatic heterocycles. The molecule has 13 atom stereocenters. The van der Waals surface area contributed by atoms with Gasteiger partial charge in [-0.3, -0.25) is 86.3 Å². The van der Waals surface area contributed by atoms with Gasteiger partial charge in [-0.15, -0.1) is 0 Å². The van der Waals surface area contributed by atoms with E-state index in [9.17, 15) is 96.8 Å². The molecule has 0 saturated carbocycles. The Morgan fingerprint density at radius 3 is 1.74 bits per heavy atom. The van der Waals surface area contributed by atoms with E-state index in [0.29, 0.717) is 34.9 Å². The van der Waals surface area contributed by atoms with Crippen LogP contribution in [-0.4, -0.2) is 317 Å². The Balaban J connectivity index is 1.14. The predicted octanol–water partition coefficient (Wildman–Crippen LogP) is -6.16. The van der Waals surface area contributed by atoms with Crippen LogP contribution >= 0.6 is 35.3 Å². The van der Waals surface area contributed by atoms with Gasteiger partial charge in [0.25, 0.3) is 0 Å². The summed E-state index contributed by atoms with van der Waals surface area (Å²) >= 11 is 3.02. The van der Waals surface area contributed by atoms with Crippen molar-refractivity contribution < 1.29 is 102 Å². The Labute approximate surface area is 697 Å². The van der Waals surface area contributed by atoms with E-state index >= 15 is 4.79 Å². The number of carbonyl (C=O) groups is 18. The van der Waals surface area contributed by atoms with Crippen LogP contribution in [0.3, 0.4) is 0 Å². The third-order valence-corrected chi connectivity index (χ3v) is 23.6. The fraction of sp³-hybridized carbons (Fsp3) is 0.573. The Bertz CT molecular complexity index is 4220. The number of aliphatic hydroxyl groups is 1. The summed E-state index contributed by atoms with van der Waals surface area (Å²) in [6.07, 6.45) is 0.337. The third-order valence-electron chi connectivity index (χ3n) is 20.4. The normalized spacial score (nSPS) is 25.8. The number of nitrogens with two attached hydrogens (primary N) is 3. The molecule has 0 aliphatic carbocycles. The third kappa shape index (κ3) is 27.4. The molecule has 3 aromatic rings. The van der Waals surface area contributed by atoms with Crippen molar-refractivity contribution in [3.8, 4) is 5.75 Å². The van der Waals surface area contributed by atoms with Crippen molar-refractivity contribution in [1.29, 1.82) is 0 Å².